The van der Waals surface area contributed by atoms with Gasteiger partial charge in [0.25, 0.3) is 5.91 Å². The first-order chi connectivity index (χ1) is 12.1. The topological polar surface area (TPSA) is 111 Å². The maximum absolute atomic E-state index is 12.8. The Morgan fingerprint density at radius 2 is 2.32 bits per heavy atom. The third-order valence-corrected chi connectivity index (χ3v) is 4.32. The van der Waals surface area contributed by atoms with Gasteiger partial charge in [-0.3, -0.25) is 19.7 Å². The zero-order chi connectivity index (χ0) is 17.8. The average molecular weight is 343 g/mol. The van der Waals surface area contributed by atoms with Gasteiger partial charge >= 0.3 is 0 Å². The van der Waals surface area contributed by atoms with Gasteiger partial charge in [0.2, 0.25) is 5.91 Å². The van der Waals surface area contributed by atoms with Gasteiger partial charge in [-0.05, 0) is 25.0 Å². The maximum Gasteiger partial charge on any atom is 0.253 e. The molecule has 3 rings (SSSR count). The van der Waals surface area contributed by atoms with Crippen LogP contribution in [0.4, 0.5) is 5.69 Å². The number of nitrogens with one attached hydrogen (secondary N) is 2. The molecule has 1 fully saturated rings. The van der Waals surface area contributed by atoms with Crippen molar-refractivity contribution in [3.63, 3.8) is 0 Å². The predicted molar refractivity (Wildman–Crippen MR) is 90.9 cm³/mol. The molecule has 1 saturated heterocycles. The molecule has 0 bridgehead atoms. The third kappa shape index (κ3) is 3.85. The summed E-state index contributed by atoms with van der Waals surface area (Å²) in [5.74, 6) is -0.150. The molecule has 1 aliphatic rings. The van der Waals surface area contributed by atoms with E-state index in [4.69, 9.17) is 0 Å². The summed E-state index contributed by atoms with van der Waals surface area (Å²) in [6.07, 6.45) is 4.90. The summed E-state index contributed by atoms with van der Waals surface area (Å²) in [6.45, 7) is 2.48. The highest BCUT2D eigenvalue weighted by atomic mass is 16.3. The van der Waals surface area contributed by atoms with Gasteiger partial charge < -0.3 is 15.3 Å². The van der Waals surface area contributed by atoms with Crippen molar-refractivity contribution in [2.24, 2.45) is 0 Å². The Hall–Kier alpha value is -2.74. The number of hydrogen-bond acceptors (Lipinski definition) is 5. The summed E-state index contributed by atoms with van der Waals surface area (Å²) < 4.78 is 0. The van der Waals surface area contributed by atoms with E-state index in [1.54, 1.807) is 23.2 Å². The SMILES string of the molecule is CC(=O)Nc1cn[nH]c1C1CCCN(C(=O)c2ccnc(CO)c2)C1. The number of piperidine rings is 1. The Kier molecular flexibility index (Phi) is 5.08. The summed E-state index contributed by atoms with van der Waals surface area (Å²) in [4.78, 5) is 29.9. The van der Waals surface area contributed by atoms with Crippen LogP contribution in [-0.2, 0) is 11.4 Å². The van der Waals surface area contributed by atoms with Crippen molar-refractivity contribution in [1.29, 1.82) is 0 Å². The van der Waals surface area contributed by atoms with Crippen LogP contribution in [0.25, 0.3) is 0 Å². The monoisotopic (exact) mass is 343 g/mol. The van der Waals surface area contributed by atoms with Gasteiger partial charge in [0.15, 0.2) is 0 Å². The minimum atomic E-state index is -0.196. The second-order valence-electron chi connectivity index (χ2n) is 6.16. The van der Waals surface area contributed by atoms with E-state index in [-0.39, 0.29) is 24.3 Å². The van der Waals surface area contributed by atoms with Crippen LogP contribution < -0.4 is 5.32 Å². The van der Waals surface area contributed by atoms with E-state index < -0.39 is 0 Å². The largest absolute Gasteiger partial charge is 0.390 e. The lowest BCUT2D eigenvalue weighted by Crippen LogP contribution is -2.39. The van der Waals surface area contributed by atoms with Gasteiger partial charge in [-0.25, -0.2) is 0 Å². The summed E-state index contributed by atoms with van der Waals surface area (Å²) in [5, 5.41) is 18.9. The fourth-order valence-electron chi connectivity index (χ4n) is 3.17. The molecule has 132 valence electrons. The van der Waals surface area contributed by atoms with Gasteiger partial charge in [-0.2, -0.15) is 5.10 Å². The van der Waals surface area contributed by atoms with E-state index in [1.165, 1.54) is 13.1 Å². The Bertz CT molecular complexity index is 773. The van der Waals surface area contributed by atoms with E-state index in [1.807, 2.05) is 0 Å². The lowest BCUT2D eigenvalue weighted by Gasteiger charge is -2.32. The first-order valence-corrected chi connectivity index (χ1v) is 8.24. The number of aromatic nitrogens is 3. The second kappa shape index (κ2) is 7.43. The fourth-order valence-corrected chi connectivity index (χ4v) is 3.17. The van der Waals surface area contributed by atoms with E-state index in [0.717, 1.165) is 18.5 Å². The Morgan fingerprint density at radius 1 is 1.48 bits per heavy atom. The van der Waals surface area contributed by atoms with E-state index in [2.05, 4.69) is 20.5 Å². The van der Waals surface area contributed by atoms with Gasteiger partial charge in [0.1, 0.15) is 0 Å². The van der Waals surface area contributed by atoms with Gasteiger partial charge in [-0.1, -0.05) is 0 Å². The molecule has 1 aliphatic heterocycles. The highest BCUT2D eigenvalue weighted by Gasteiger charge is 2.28. The van der Waals surface area contributed by atoms with Crippen molar-refractivity contribution in [2.75, 3.05) is 18.4 Å². The molecule has 8 heteroatoms. The number of pyridine rings is 1. The molecule has 0 saturated carbocycles. The van der Waals surface area contributed by atoms with Crippen molar-refractivity contribution in [3.8, 4) is 0 Å². The van der Waals surface area contributed by atoms with Crippen LogP contribution in [0.2, 0.25) is 0 Å². The average Bonchev–Trinajstić information content (AvgIpc) is 3.08. The van der Waals surface area contributed by atoms with Crippen molar-refractivity contribution >= 4 is 17.5 Å². The molecule has 0 radical (unpaired) electrons. The van der Waals surface area contributed by atoms with Gasteiger partial charge in [0, 0.05) is 37.7 Å². The summed E-state index contributed by atoms with van der Waals surface area (Å²) in [5.41, 5.74) is 2.50. The minimum Gasteiger partial charge on any atom is -0.390 e. The van der Waals surface area contributed by atoms with Crippen molar-refractivity contribution in [2.45, 2.75) is 32.3 Å². The van der Waals surface area contributed by atoms with Crippen molar-refractivity contribution in [1.82, 2.24) is 20.1 Å². The number of hydrogen-bond donors (Lipinski definition) is 3. The molecule has 8 nitrogen and oxygen atoms in total. The number of aromatic amines is 1. The Labute approximate surface area is 145 Å². The fraction of sp³-hybridized carbons (Fsp3) is 0.412. The smallest absolute Gasteiger partial charge is 0.253 e. The molecule has 3 heterocycles. The van der Waals surface area contributed by atoms with E-state index in [9.17, 15) is 14.7 Å². The minimum absolute atomic E-state index is 0.0811. The molecule has 1 unspecified atom stereocenters. The number of aliphatic hydroxyl groups is 1. The molecule has 3 N–H and O–H groups in total. The number of aliphatic hydroxyl groups excluding tert-OH is 1. The number of anilines is 1. The van der Waals surface area contributed by atoms with E-state index >= 15 is 0 Å². The van der Waals surface area contributed by atoms with Crippen LogP contribution in [0.1, 0.15) is 47.4 Å². The Balaban J connectivity index is 1.76. The molecule has 0 aliphatic carbocycles. The number of amides is 2. The van der Waals surface area contributed by atoms with Crippen LogP contribution in [-0.4, -0.2) is 50.1 Å². The zero-order valence-electron chi connectivity index (χ0n) is 14.0. The number of rotatable bonds is 4. The zero-order valence-corrected chi connectivity index (χ0v) is 14.0. The Morgan fingerprint density at radius 3 is 3.08 bits per heavy atom. The number of H-pyrrole nitrogens is 1. The first-order valence-electron chi connectivity index (χ1n) is 8.24. The number of carbonyl (C=O) groups excluding carboxylic acids is 2. The second-order valence-corrected chi connectivity index (χ2v) is 6.16. The molecule has 2 aromatic heterocycles. The molecule has 25 heavy (non-hydrogen) atoms. The molecular weight excluding hydrogens is 322 g/mol. The number of likely N-dealkylation sites (tertiary alicyclic amines) is 1. The predicted octanol–water partition coefficient (Wildman–Crippen LogP) is 1.28. The summed E-state index contributed by atoms with van der Waals surface area (Å²) >= 11 is 0. The highest BCUT2D eigenvalue weighted by Crippen LogP contribution is 2.30. The first kappa shape index (κ1) is 17.1. The summed E-state index contributed by atoms with van der Waals surface area (Å²) in [6, 6.07) is 3.27. The van der Waals surface area contributed by atoms with Crippen molar-refractivity contribution in [3.05, 3.63) is 41.5 Å². The van der Waals surface area contributed by atoms with Crippen molar-refractivity contribution < 1.29 is 14.7 Å². The highest BCUT2D eigenvalue weighted by molar-refractivity contribution is 5.94. The molecule has 1 atom stereocenters. The van der Waals surface area contributed by atoms with Crippen LogP contribution in [0, 0.1) is 0 Å². The lowest BCUT2D eigenvalue weighted by atomic mass is 9.93. The standard InChI is InChI=1S/C17H21N5O3/c1-11(24)20-15-8-19-21-16(15)13-3-2-6-22(9-13)17(25)12-4-5-18-14(7-12)10-23/h4-5,7-8,13,23H,2-3,6,9-10H2,1H3,(H,19,21)(H,20,24). The van der Waals surface area contributed by atoms with Gasteiger partial charge in [0.05, 0.1) is 29.9 Å². The molecule has 2 amide bonds. The normalized spacial score (nSPS) is 17.4. The number of nitrogens with zero attached hydrogens (tertiary/aromatic N) is 3. The van der Waals surface area contributed by atoms with Crippen LogP contribution in [0.5, 0.6) is 0 Å². The van der Waals surface area contributed by atoms with Crippen LogP contribution in [0.15, 0.2) is 24.5 Å². The van der Waals surface area contributed by atoms with E-state index in [0.29, 0.717) is 30.0 Å². The van der Waals surface area contributed by atoms with Crippen LogP contribution >= 0.6 is 0 Å². The van der Waals surface area contributed by atoms with Crippen LogP contribution in [0.3, 0.4) is 0 Å². The quantitative estimate of drug-likeness (QED) is 0.774. The molecule has 2 aromatic rings. The summed E-state index contributed by atoms with van der Waals surface area (Å²) in [7, 11) is 0. The molecule has 0 spiro atoms. The number of carbonyl (C=O) groups is 2. The molecule has 0 aromatic carbocycles. The third-order valence-electron chi connectivity index (χ3n) is 4.32. The molecular formula is C17H21N5O3. The maximum atomic E-state index is 12.8. The lowest BCUT2D eigenvalue weighted by molar-refractivity contribution is -0.114. The van der Waals surface area contributed by atoms with Gasteiger partial charge in [-0.15, -0.1) is 0 Å².